The highest BCUT2D eigenvalue weighted by Crippen LogP contribution is 2.43. The summed E-state index contributed by atoms with van der Waals surface area (Å²) >= 11 is 1.23. The Kier molecular flexibility index (Phi) is 5.25. The van der Waals surface area contributed by atoms with E-state index in [4.69, 9.17) is 4.74 Å². The summed E-state index contributed by atoms with van der Waals surface area (Å²) in [6.07, 6.45) is 1.64. The summed E-state index contributed by atoms with van der Waals surface area (Å²) in [5.41, 5.74) is 3.34. The highest BCUT2D eigenvalue weighted by Gasteiger charge is 2.48. The molecule has 168 valence electrons. The van der Waals surface area contributed by atoms with E-state index in [1.807, 2.05) is 37.3 Å². The maximum Gasteiger partial charge on any atom is 0.301 e. The quantitative estimate of drug-likeness (QED) is 0.353. The third-order valence-electron chi connectivity index (χ3n) is 6.04. The number of aryl methyl sites for hydroxylation is 2. The van der Waals surface area contributed by atoms with Gasteiger partial charge in [0.25, 0.3) is 5.78 Å². The Labute approximate surface area is 195 Å². The van der Waals surface area contributed by atoms with E-state index < -0.39 is 17.7 Å². The van der Waals surface area contributed by atoms with E-state index in [0.29, 0.717) is 15.7 Å². The molecule has 1 saturated heterocycles. The summed E-state index contributed by atoms with van der Waals surface area (Å²) < 4.78 is 5.75. The predicted molar refractivity (Wildman–Crippen MR) is 125 cm³/mol. The van der Waals surface area contributed by atoms with Crippen molar-refractivity contribution in [3.63, 3.8) is 0 Å². The molecular weight excluding hydrogens is 438 g/mol. The average Bonchev–Trinajstić information content (AvgIpc) is 3.48. The van der Waals surface area contributed by atoms with Crippen molar-refractivity contribution < 1.29 is 19.4 Å². The van der Waals surface area contributed by atoms with E-state index in [2.05, 4.69) is 17.1 Å². The predicted octanol–water partition coefficient (Wildman–Crippen LogP) is 4.36. The number of hydrogen-bond donors (Lipinski definition) is 1. The number of aromatic nitrogens is 2. The number of rotatable bonds is 4. The molecule has 33 heavy (non-hydrogen) atoms. The summed E-state index contributed by atoms with van der Waals surface area (Å²) in [7, 11) is 0. The summed E-state index contributed by atoms with van der Waals surface area (Å²) in [6, 6.07) is 12.3. The lowest BCUT2D eigenvalue weighted by atomic mass is 9.94. The van der Waals surface area contributed by atoms with E-state index in [1.54, 1.807) is 19.1 Å². The Morgan fingerprint density at radius 3 is 2.61 bits per heavy atom. The molecule has 0 unspecified atom stereocenters. The van der Waals surface area contributed by atoms with Crippen LogP contribution in [0, 0.1) is 6.92 Å². The van der Waals surface area contributed by atoms with Crippen LogP contribution in [-0.4, -0.2) is 33.1 Å². The van der Waals surface area contributed by atoms with Crippen LogP contribution >= 0.6 is 11.3 Å². The maximum atomic E-state index is 13.2. The molecule has 2 aliphatic rings. The number of hydrogen-bond acceptors (Lipinski definition) is 7. The van der Waals surface area contributed by atoms with Gasteiger partial charge in [0.15, 0.2) is 0 Å². The molecule has 3 heterocycles. The largest absolute Gasteiger partial charge is 0.507 e. The van der Waals surface area contributed by atoms with Crippen molar-refractivity contribution in [3.05, 3.63) is 75.3 Å². The molecule has 1 fully saturated rings. The SMILES string of the molecule is CCc1ccc([C@@H]2/C(=C(\O)c3ccc4c(c3)C[C@@H](C)O4)C(=O)C(=O)N2c2nnc(C)s2)cc1. The number of carbonyl (C=O) groups is 2. The molecule has 0 saturated carbocycles. The molecule has 0 bridgehead atoms. The van der Waals surface area contributed by atoms with E-state index >= 15 is 0 Å². The number of benzene rings is 2. The Hall–Kier alpha value is -3.52. The van der Waals surface area contributed by atoms with Crippen LogP contribution in [0.25, 0.3) is 5.76 Å². The van der Waals surface area contributed by atoms with Crippen molar-refractivity contribution in [1.29, 1.82) is 0 Å². The second kappa shape index (κ2) is 8.12. The average molecular weight is 462 g/mol. The smallest absolute Gasteiger partial charge is 0.301 e. The van der Waals surface area contributed by atoms with E-state index in [9.17, 15) is 14.7 Å². The Morgan fingerprint density at radius 2 is 1.94 bits per heavy atom. The van der Waals surface area contributed by atoms with Crippen molar-refractivity contribution in [1.82, 2.24) is 10.2 Å². The second-order valence-corrected chi connectivity index (χ2v) is 9.48. The van der Waals surface area contributed by atoms with Gasteiger partial charge in [-0.2, -0.15) is 0 Å². The first-order chi connectivity index (χ1) is 15.9. The molecule has 2 aromatic carbocycles. The molecule has 8 heteroatoms. The van der Waals surface area contributed by atoms with E-state index in [1.165, 1.54) is 16.2 Å². The monoisotopic (exact) mass is 461 g/mol. The molecule has 1 aromatic heterocycles. The minimum absolute atomic E-state index is 0.0454. The number of amides is 1. The number of aliphatic hydroxyl groups is 1. The van der Waals surface area contributed by atoms with Crippen LogP contribution in [0.1, 0.15) is 47.2 Å². The molecule has 0 spiro atoms. The van der Waals surface area contributed by atoms with Crippen molar-refractivity contribution in [2.45, 2.75) is 45.8 Å². The van der Waals surface area contributed by atoms with Crippen LogP contribution in [0.15, 0.2) is 48.0 Å². The second-order valence-electron chi connectivity index (χ2n) is 8.32. The van der Waals surface area contributed by atoms with Gasteiger partial charge in [-0.05, 0) is 55.2 Å². The van der Waals surface area contributed by atoms with Gasteiger partial charge in [0, 0.05) is 12.0 Å². The minimum atomic E-state index is -0.799. The summed E-state index contributed by atoms with van der Waals surface area (Å²) in [6.45, 7) is 5.83. The van der Waals surface area contributed by atoms with Gasteiger partial charge in [0.05, 0.1) is 11.6 Å². The Morgan fingerprint density at radius 1 is 1.18 bits per heavy atom. The van der Waals surface area contributed by atoms with Gasteiger partial charge >= 0.3 is 5.91 Å². The van der Waals surface area contributed by atoms with Gasteiger partial charge in [-0.1, -0.05) is 42.5 Å². The molecule has 2 atom stereocenters. The molecule has 2 aliphatic heterocycles. The summed E-state index contributed by atoms with van der Waals surface area (Å²) in [4.78, 5) is 27.7. The zero-order chi connectivity index (χ0) is 23.3. The number of ketones is 1. The maximum absolute atomic E-state index is 13.2. The zero-order valence-electron chi connectivity index (χ0n) is 18.5. The van der Waals surface area contributed by atoms with Crippen LogP contribution in [0.4, 0.5) is 5.13 Å². The van der Waals surface area contributed by atoms with Gasteiger partial charge in [0.1, 0.15) is 22.6 Å². The number of anilines is 1. The number of aliphatic hydroxyl groups excluding tert-OH is 1. The Bertz CT molecular complexity index is 1300. The van der Waals surface area contributed by atoms with Crippen molar-refractivity contribution in [2.24, 2.45) is 0 Å². The normalized spacial score (nSPS) is 21.4. The first kappa shape index (κ1) is 21.3. The first-order valence-corrected chi connectivity index (χ1v) is 11.7. The summed E-state index contributed by atoms with van der Waals surface area (Å²) in [5.74, 6) is -0.898. The fourth-order valence-electron chi connectivity index (χ4n) is 4.39. The number of carbonyl (C=O) groups excluding carboxylic acids is 2. The first-order valence-electron chi connectivity index (χ1n) is 10.9. The van der Waals surface area contributed by atoms with Crippen LogP contribution in [0.5, 0.6) is 5.75 Å². The van der Waals surface area contributed by atoms with Gasteiger partial charge in [0.2, 0.25) is 5.13 Å². The number of nitrogens with zero attached hydrogens (tertiary/aromatic N) is 3. The van der Waals surface area contributed by atoms with Gasteiger partial charge < -0.3 is 9.84 Å². The molecule has 5 rings (SSSR count). The molecule has 7 nitrogen and oxygen atoms in total. The number of ether oxygens (including phenoxy) is 1. The lowest BCUT2D eigenvalue weighted by molar-refractivity contribution is -0.132. The van der Waals surface area contributed by atoms with Crippen LogP contribution in [0.2, 0.25) is 0 Å². The topological polar surface area (TPSA) is 92.6 Å². The fourth-order valence-corrected chi connectivity index (χ4v) is 5.10. The van der Waals surface area contributed by atoms with Crippen LogP contribution < -0.4 is 9.64 Å². The molecule has 3 aromatic rings. The highest BCUT2D eigenvalue weighted by molar-refractivity contribution is 7.15. The minimum Gasteiger partial charge on any atom is -0.507 e. The van der Waals surface area contributed by atoms with Crippen molar-refractivity contribution in [3.8, 4) is 5.75 Å². The van der Waals surface area contributed by atoms with E-state index in [-0.39, 0.29) is 17.4 Å². The van der Waals surface area contributed by atoms with Gasteiger partial charge in [-0.15, -0.1) is 10.2 Å². The third-order valence-corrected chi connectivity index (χ3v) is 6.88. The third kappa shape index (κ3) is 3.60. The van der Waals surface area contributed by atoms with Crippen molar-refractivity contribution >= 4 is 33.9 Å². The Balaban J connectivity index is 1.67. The highest BCUT2D eigenvalue weighted by atomic mass is 32.1. The van der Waals surface area contributed by atoms with Crippen molar-refractivity contribution in [2.75, 3.05) is 4.90 Å². The lowest BCUT2D eigenvalue weighted by Crippen LogP contribution is -2.29. The van der Waals surface area contributed by atoms with Crippen LogP contribution in [0.3, 0.4) is 0 Å². The standard InChI is InChI=1S/C25H23N3O4S/c1-4-15-5-7-16(8-6-15)21-20(23(30)24(31)28(21)25-27-26-14(3)33-25)22(29)17-9-10-19-18(12-17)11-13(2)32-19/h5-10,12-13,21,29H,4,11H2,1-3H3/b22-20+/t13-,21-/m1/s1. The molecule has 1 amide bonds. The number of fused-ring (bicyclic) bond motifs is 1. The fraction of sp³-hybridized carbons (Fsp3) is 0.280. The molecule has 0 radical (unpaired) electrons. The molecule has 0 aliphatic carbocycles. The van der Waals surface area contributed by atoms with Gasteiger partial charge in [-0.25, -0.2) is 0 Å². The summed E-state index contributed by atoms with van der Waals surface area (Å²) in [5, 5.41) is 20.5. The lowest BCUT2D eigenvalue weighted by Gasteiger charge is -2.22. The van der Waals surface area contributed by atoms with Crippen LogP contribution in [-0.2, 0) is 22.4 Å². The molecular formula is C25H23N3O4S. The molecule has 1 N–H and O–H groups in total. The zero-order valence-corrected chi connectivity index (χ0v) is 19.3. The van der Waals surface area contributed by atoms with Gasteiger partial charge in [-0.3, -0.25) is 14.5 Å². The number of Topliss-reactive ketones (excluding diaryl/α,β-unsaturated/α-hetero) is 1. The van der Waals surface area contributed by atoms with E-state index in [0.717, 1.165) is 35.3 Å².